The predicted octanol–water partition coefficient (Wildman–Crippen LogP) is 6.11. The van der Waals surface area contributed by atoms with Crippen LogP contribution in [0.4, 0.5) is 5.69 Å². The highest BCUT2D eigenvalue weighted by molar-refractivity contribution is 9.10. The first-order chi connectivity index (χ1) is 9.63. The fourth-order valence-electron chi connectivity index (χ4n) is 2.62. The van der Waals surface area contributed by atoms with Gasteiger partial charge in [0.25, 0.3) is 0 Å². The summed E-state index contributed by atoms with van der Waals surface area (Å²) in [6, 6.07) is 14.6. The molecule has 1 nitrogen and oxygen atoms in total. The predicted molar refractivity (Wildman–Crippen MR) is 90.0 cm³/mol. The number of benzene rings is 2. The van der Waals surface area contributed by atoms with Crippen LogP contribution in [0.3, 0.4) is 0 Å². The molecule has 0 atom stereocenters. The number of halogens is 3. The summed E-state index contributed by atoms with van der Waals surface area (Å²) >= 11 is 15.7. The van der Waals surface area contributed by atoms with Crippen molar-refractivity contribution in [1.29, 1.82) is 0 Å². The number of hydrogen-bond acceptors (Lipinski definition) is 1. The van der Waals surface area contributed by atoms with Crippen molar-refractivity contribution in [2.24, 2.45) is 0 Å². The fourth-order valence-corrected chi connectivity index (χ4v) is 3.40. The maximum absolute atomic E-state index is 6.24. The number of nitrogens with one attached hydrogen (secondary N) is 1. The van der Waals surface area contributed by atoms with Crippen molar-refractivity contribution in [3.63, 3.8) is 0 Å². The van der Waals surface area contributed by atoms with Gasteiger partial charge >= 0.3 is 0 Å². The average Bonchev–Trinajstić information content (AvgIpc) is 2.39. The highest BCUT2D eigenvalue weighted by Gasteiger charge is 2.31. The average molecular weight is 371 g/mol. The van der Waals surface area contributed by atoms with Crippen molar-refractivity contribution in [3.8, 4) is 0 Å². The second-order valence-electron chi connectivity index (χ2n) is 5.16. The summed E-state index contributed by atoms with van der Waals surface area (Å²) in [5, 5.41) is 5.15. The lowest BCUT2D eigenvalue weighted by molar-refractivity contribution is 0.374. The van der Waals surface area contributed by atoms with Crippen LogP contribution >= 0.6 is 39.1 Å². The van der Waals surface area contributed by atoms with E-state index in [0.29, 0.717) is 12.0 Å². The van der Waals surface area contributed by atoms with Gasteiger partial charge in [-0.1, -0.05) is 41.4 Å². The lowest BCUT2D eigenvalue weighted by atomic mass is 9.76. The van der Waals surface area contributed by atoms with Gasteiger partial charge in [0.2, 0.25) is 0 Å². The van der Waals surface area contributed by atoms with E-state index >= 15 is 0 Å². The Bertz CT molecular complexity index is 624. The van der Waals surface area contributed by atoms with E-state index in [9.17, 15) is 0 Å². The van der Waals surface area contributed by atoms with E-state index < -0.39 is 0 Å². The molecule has 0 bridgehead atoms. The maximum Gasteiger partial charge on any atom is 0.0549 e. The molecule has 104 valence electrons. The first-order valence-electron chi connectivity index (χ1n) is 6.59. The van der Waals surface area contributed by atoms with Crippen molar-refractivity contribution in [2.75, 3.05) is 5.32 Å². The van der Waals surface area contributed by atoms with Crippen molar-refractivity contribution in [3.05, 3.63) is 62.5 Å². The van der Waals surface area contributed by atoms with Crippen molar-refractivity contribution in [2.45, 2.75) is 24.8 Å². The number of rotatable bonds is 3. The zero-order valence-corrected chi connectivity index (χ0v) is 13.8. The molecule has 1 N–H and O–H groups in total. The lowest BCUT2D eigenvalue weighted by Gasteiger charge is -2.37. The first-order valence-corrected chi connectivity index (χ1v) is 8.14. The van der Waals surface area contributed by atoms with Crippen LogP contribution in [0, 0.1) is 0 Å². The van der Waals surface area contributed by atoms with Crippen LogP contribution in [0.25, 0.3) is 0 Å². The van der Waals surface area contributed by atoms with E-state index in [1.165, 1.54) is 5.56 Å². The Kier molecular flexibility index (Phi) is 4.25. The van der Waals surface area contributed by atoms with Crippen molar-refractivity contribution in [1.82, 2.24) is 0 Å². The molecule has 0 aromatic heterocycles. The molecule has 4 heteroatoms. The van der Waals surface area contributed by atoms with E-state index in [0.717, 1.165) is 33.0 Å². The molecule has 2 aromatic rings. The minimum absolute atomic E-state index is 0.504. The summed E-state index contributed by atoms with van der Waals surface area (Å²) in [4.78, 5) is 0. The number of anilines is 1. The monoisotopic (exact) mass is 369 g/mol. The van der Waals surface area contributed by atoms with Gasteiger partial charge in [-0.15, -0.1) is 0 Å². The van der Waals surface area contributed by atoms with Crippen LogP contribution in [0.2, 0.25) is 10.0 Å². The minimum Gasteiger partial charge on any atom is -0.382 e. The molecule has 2 aromatic carbocycles. The Morgan fingerprint density at radius 2 is 1.75 bits per heavy atom. The molecule has 0 aliphatic heterocycles. The topological polar surface area (TPSA) is 12.0 Å². The minimum atomic E-state index is 0.504. The largest absolute Gasteiger partial charge is 0.382 e. The third-order valence-electron chi connectivity index (χ3n) is 3.77. The zero-order chi connectivity index (χ0) is 14.1. The normalized spacial score (nSPS) is 21.4. The van der Waals surface area contributed by atoms with Gasteiger partial charge in [-0.2, -0.15) is 0 Å². The molecule has 0 amide bonds. The van der Waals surface area contributed by atoms with Crippen LogP contribution in [-0.4, -0.2) is 6.04 Å². The molecule has 20 heavy (non-hydrogen) atoms. The zero-order valence-electron chi connectivity index (χ0n) is 10.7. The molecular formula is C16H14BrCl2N. The third-order valence-corrected chi connectivity index (χ3v) is 5.33. The van der Waals surface area contributed by atoms with Crippen LogP contribution < -0.4 is 5.32 Å². The van der Waals surface area contributed by atoms with Crippen LogP contribution in [0.1, 0.15) is 24.3 Å². The highest BCUT2D eigenvalue weighted by atomic mass is 79.9. The van der Waals surface area contributed by atoms with Crippen LogP contribution in [0.15, 0.2) is 46.9 Å². The van der Waals surface area contributed by atoms with Gasteiger partial charge in [0.05, 0.1) is 5.02 Å². The quantitative estimate of drug-likeness (QED) is 0.686. The summed E-state index contributed by atoms with van der Waals surface area (Å²) < 4.78 is 0.922. The second-order valence-corrected chi connectivity index (χ2v) is 6.83. The Labute approximate surface area is 137 Å². The molecule has 0 spiro atoms. The van der Waals surface area contributed by atoms with Gasteiger partial charge in [0.1, 0.15) is 0 Å². The van der Waals surface area contributed by atoms with E-state index in [-0.39, 0.29) is 0 Å². The first kappa shape index (κ1) is 14.2. The summed E-state index contributed by atoms with van der Waals surface area (Å²) in [5.74, 6) is 0.567. The Morgan fingerprint density at radius 3 is 2.45 bits per heavy atom. The molecule has 0 radical (unpaired) electrons. The highest BCUT2D eigenvalue weighted by Crippen LogP contribution is 2.41. The molecule has 0 heterocycles. The van der Waals surface area contributed by atoms with E-state index in [1.807, 2.05) is 30.3 Å². The second kappa shape index (κ2) is 5.97. The van der Waals surface area contributed by atoms with Gasteiger partial charge in [-0.3, -0.25) is 0 Å². The molecule has 0 unspecified atom stereocenters. The molecule has 1 aliphatic carbocycles. The smallest absolute Gasteiger partial charge is 0.0549 e. The molecule has 1 fully saturated rings. The molecule has 0 saturated heterocycles. The molecule has 1 aliphatic rings. The van der Waals surface area contributed by atoms with Crippen LogP contribution in [-0.2, 0) is 0 Å². The SMILES string of the molecule is Clc1ccc(NC2CC(c3ccccc3Cl)C2)cc1Br. The standard InChI is InChI=1S/C16H14BrCl2N/c17-14-9-11(5-6-16(14)19)20-12-7-10(8-12)13-3-1-2-4-15(13)18/h1-6,9-10,12,20H,7-8H2. The molecular weight excluding hydrogens is 357 g/mol. The van der Waals surface area contributed by atoms with E-state index in [2.05, 4.69) is 33.4 Å². The van der Waals surface area contributed by atoms with Crippen molar-refractivity contribution >= 4 is 44.8 Å². The van der Waals surface area contributed by atoms with Crippen molar-refractivity contribution < 1.29 is 0 Å². The van der Waals surface area contributed by atoms with Crippen LogP contribution in [0.5, 0.6) is 0 Å². The third kappa shape index (κ3) is 2.98. The van der Waals surface area contributed by atoms with Gasteiger partial charge in [0.15, 0.2) is 0 Å². The number of hydrogen-bond donors (Lipinski definition) is 1. The van der Waals surface area contributed by atoms with Gasteiger partial charge < -0.3 is 5.32 Å². The summed E-state index contributed by atoms with van der Waals surface area (Å²) in [6.45, 7) is 0. The summed E-state index contributed by atoms with van der Waals surface area (Å²) in [5.41, 5.74) is 2.37. The molecule has 1 saturated carbocycles. The Hall–Kier alpha value is -0.700. The maximum atomic E-state index is 6.24. The van der Waals surface area contributed by atoms with E-state index in [1.54, 1.807) is 0 Å². The summed E-state index contributed by atoms with van der Waals surface area (Å²) in [6.07, 6.45) is 2.23. The Morgan fingerprint density at radius 1 is 1.00 bits per heavy atom. The van der Waals surface area contributed by atoms with Gasteiger partial charge in [0, 0.05) is 21.2 Å². The summed E-state index contributed by atoms with van der Waals surface area (Å²) in [7, 11) is 0. The van der Waals surface area contributed by atoms with Gasteiger partial charge in [-0.05, 0) is 64.5 Å². The Balaban J connectivity index is 1.61. The lowest BCUT2D eigenvalue weighted by Crippen LogP contribution is -2.34. The van der Waals surface area contributed by atoms with Gasteiger partial charge in [-0.25, -0.2) is 0 Å². The van der Waals surface area contributed by atoms with E-state index in [4.69, 9.17) is 23.2 Å². The fraction of sp³-hybridized carbons (Fsp3) is 0.250. The molecule has 3 rings (SSSR count).